The van der Waals surface area contributed by atoms with Crippen molar-refractivity contribution in [2.45, 2.75) is 26.0 Å². The van der Waals surface area contributed by atoms with Crippen molar-refractivity contribution in [2.75, 3.05) is 0 Å². The van der Waals surface area contributed by atoms with Crippen molar-refractivity contribution in [3.05, 3.63) is 34.7 Å². The number of carboxylic acid groups (broad SMARTS) is 2. The topological polar surface area (TPSA) is 104 Å². The molecule has 1 aliphatic heterocycles. The van der Waals surface area contributed by atoms with Crippen LogP contribution in [0.3, 0.4) is 0 Å². The highest BCUT2D eigenvalue weighted by atomic mass is 32.2. The van der Waals surface area contributed by atoms with Crippen LogP contribution in [0.25, 0.3) is 6.08 Å². The molecule has 0 radical (unpaired) electrons. The minimum Gasteiger partial charge on any atom is -0.480 e. The summed E-state index contributed by atoms with van der Waals surface area (Å²) in [5, 5.41) is 18.1. The predicted octanol–water partition coefficient (Wildman–Crippen LogP) is 2.21. The van der Waals surface area contributed by atoms with Gasteiger partial charge in [0.15, 0.2) is 6.10 Å². The zero-order chi connectivity index (χ0) is 18.7. The second-order valence-corrected chi connectivity index (χ2v) is 6.88. The van der Waals surface area contributed by atoms with Crippen molar-refractivity contribution >= 4 is 52.2 Å². The number of carbonyl (C=O) groups excluding carboxylic acids is 1. The average molecular weight is 381 g/mol. The van der Waals surface area contributed by atoms with E-state index >= 15 is 0 Å². The number of thioether (sulfide) groups is 1. The number of ether oxygens (including phenoxy) is 1. The van der Waals surface area contributed by atoms with E-state index in [1.807, 2.05) is 0 Å². The lowest BCUT2D eigenvalue weighted by atomic mass is 10.1. The van der Waals surface area contributed by atoms with Gasteiger partial charge in [-0.15, -0.1) is 0 Å². The van der Waals surface area contributed by atoms with E-state index < -0.39 is 30.0 Å². The third kappa shape index (κ3) is 4.18. The molecule has 1 fully saturated rings. The first-order valence-electron chi connectivity index (χ1n) is 7.20. The first kappa shape index (κ1) is 18.9. The fraction of sp³-hybridized carbons (Fsp3) is 0.250. The fourth-order valence-corrected chi connectivity index (χ4v) is 3.42. The number of benzene rings is 1. The predicted molar refractivity (Wildman–Crippen MR) is 96.3 cm³/mol. The molecule has 1 aromatic rings. The summed E-state index contributed by atoms with van der Waals surface area (Å²) in [6.07, 6.45) is 0.453. The Morgan fingerprint density at radius 2 is 1.88 bits per heavy atom. The molecule has 0 saturated carbocycles. The minimum atomic E-state index is -1.16. The van der Waals surface area contributed by atoms with E-state index in [0.29, 0.717) is 11.3 Å². The standard InChI is InChI=1S/C16H15NO6S2/c1-8(14(19)20)17-13(18)12(25-16(17)24)7-10-5-3-4-6-11(10)23-9(2)15(21)22/h3-9H,1-2H3,(H,19,20)(H,21,22)/b12-7-. The van der Waals surface area contributed by atoms with Crippen molar-refractivity contribution in [3.8, 4) is 5.75 Å². The number of para-hydroxylation sites is 1. The summed E-state index contributed by atoms with van der Waals surface area (Å²) in [6.45, 7) is 2.77. The lowest BCUT2D eigenvalue weighted by Gasteiger charge is -2.18. The maximum Gasteiger partial charge on any atom is 0.344 e. The van der Waals surface area contributed by atoms with Gasteiger partial charge in [0.2, 0.25) is 0 Å². The lowest BCUT2D eigenvalue weighted by Crippen LogP contribution is -2.41. The van der Waals surface area contributed by atoms with Crippen molar-refractivity contribution in [2.24, 2.45) is 0 Å². The number of amides is 1. The number of carboxylic acids is 2. The molecule has 25 heavy (non-hydrogen) atoms. The summed E-state index contributed by atoms with van der Waals surface area (Å²) in [6, 6.07) is 5.57. The summed E-state index contributed by atoms with van der Waals surface area (Å²) in [5.41, 5.74) is 0.499. The largest absolute Gasteiger partial charge is 0.480 e. The van der Waals surface area contributed by atoms with Gasteiger partial charge in [-0.2, -0.15) is 0 Å². The summed E-state index contributed by atoms with van der Waals surface area (Å²) in [7, 11) is 0. The minimum absolute atomic E-state index is 0.156. The highest BCUT2D eigenvalue weighted by Gasteiger charge is 2.38. The SMILES string of the molecule is CC(Oc1ccccc1/C=C1\SC(=S)N(C(C)C(=O)O)C1=O)C(=O)O. The molecule has 1 saturated heterocycles. The Balaban J connectivity index is 2.32. The summed E-state index contributed by atoms with van der Waals surface area (Å²) in [4.78, 5) is 35.8. The molecule has 0 spiro atoms. The number of aliphatic carboxylic acids is 2. The van der Waals surface area contributed by atoms with Crippen LogP contribution >= 0.6 is 24.0 Å². The Morgan fingerprint density at radius 3 is 2.48 bits per heavy atom. The molecule has 2 unspecified atom stereocenters. The van der Waals surface area contributed by atoms with Crippen LogP contribution in [0.4, 0.5) is 0 Å². The Labute approximate surface area is 153 Å². The van der Waals surface area contributed by atoms with E-state index in [1.165, 1.54) is 19.9 Å². The molecule has 132 valence electrons. The molecule has 2 atom stereocenters. The first-order chi connectivity index (χ1) is 11.7. The second-order valence-electron chi connectivity index (χ2n) is 5.20. The van der Waals surface area contributed by atoms with Gasteiger partial charge in [-0.05, 0) is 26.0 Å². The van der Waals surface area contributed by atoms with Crippen LogP contribution in [0.15, 0.2) is 29.2 Å². The third-order valence-corrected chi connectivity index (χ3v) is 4.76. The van der Waals surface area contributed by atoms with Gasteiger partial charge in [-0.3, -0.25) is 9.69 Å². The maximum atomic E-state index is 12.5. The van der Waals surface area contributed by atoms with E-state index in [2.05, 4.69) is 0 Å². The Hall–Kier alpha value is -2.39. The molecule has 1 aromatic carbocycles. The number of rotatable bonds is 6. The number of nitrogens with zero attached hydrogens (tertiary/aromatic N) is 1. The van der Waals surface area contributed by atoms with Crippen LogP contribution < -0.4 is 4.74 Å². The Morgan fingerprint density at radius 1 is 1.24 bits per heavy atom. The molecule has 0 aliphatic carbocycles. The molecule has 2 rings (SSSR count). The monoisotopic (exact) mass is 381 g/mol. The number of hydrogen-bond donors (Lipinski definition) is 2. The molecule has 0 bridgehead atoms. The van der Waals surface area contributed by atoms with Gasteiger partial charge in [0.1, 0.15) is 16.1 Å². The van der Waals surface area contributed by atoms with Gasteiger partial charge in [0, 0.05) is 5.56 Å². The summed E-state index contributed by atoms with van der Waals surface area (Å²) in [5.74, 6) is -2.48. The molecular formula is C16H15NO6S2. The van der Waals surface area contributed by atoms with E-state index in [-0.39, 0.29) is 9.23 Å². The summed E-state index contributed by atoms with van der Waals surface area (Å²) < 4.78 is 5.54. The number of thiocarbonyl (C=S) groups is 1. The first-order valence-corrected chi connectivity index (χ1v) is 8.43. The maximum absolute atomic E-state index is 12.5. The van der Waals surface area contributed by atoms with Crippen LogP contribution in [-0.2, 0) is 14.4 Å². The van der Waals surface area contributed by atoms with Crippen LogP contribution in [0, 0.1) is 0 Å². The van der Waals surface area contributed by atoms with E-state index in [0.717, 1.165) is 16.7 Å². The van der Waals surface area contributed by atoms with Gasteiger partial charge in [0.05, 0.1) is 4.91 Å². The van der Waals surface area contributed by atoms with E-state index in [1.54, 1.807) is 24.3 Å². The van der Waals surface area contributed by atoms with Crippen molar-refractivity contribution < 1.29 is 29.3 Å². The van der Waals surface area contributed by atoms with Crippen molar-refractivity contribution in [1.82, 2.24) is 4.90 Å². The normalized spacial score (nSPS) is 18.3. The molecule has 1 aliphatic rings. The Bertz CT molecular complexity index is 776. The quantitative estimate of drug-likeness (QED) is 0.571. The van der Waals surface area contributed by atoms with Gasteiger partial charge in [0.25, 0.3) is 5.91 Å². The highest BCUT2D eigenvalue weighted by Crippen LogP contribution is 2.35. The fourth-order valence-electron chi connectivity index (χ4n) is 2.01. The van der Waals surface area contributed by atoms with E-state index in [4.69, 9.17) is 27.2 Å². The summed E-state index contributed by atoms with van der Waals surface area (Å²) >= 11 is 6.09. The van der Waals surface area contributed by atoms with E-state index in [9.17, 15) is 14.4 Å². The van der Waals surface area contributed by atoms with Gasteiger partial charge in [-0.1, -0.05) is 42.2 Å². The van der Waals surface area contributed by atoms with Crippen LogP contribution in [0.5, 0.6) is 5.75 Å². The van der Waals surface area contributed by atoms with Crippen molar-refractivity contribution in [3.63, 3.8) is 0 Å². The molecule has 1 heterocycles. The molecule has 0 aromatic heterocycles. The van der Waals surface area contributed by atoms with Crippen LogP contribution in [0.2, 0.25) is 0 Å². The average Bonchev–Trinajstić information content (AvgIpc) is 2.82. The lowest BCUT2D eigenvalue weighted by molar-refractivity contribution is -0.144. The second kappa shape index (κ2) is 7.66. The van der Waals surface area contributed by atoms with Gasteiger partial charge in [-0.25, -0.2) is 9.59 Å². The molecule has 9 heteroatoms. The van der Waals surface area contributed by atoms with Gasteiger partial charge < -0.3 is 14.9 Å². The van der Waals surface area contributed by atoms with Crippen LogP contribution in [0.1, 0.15) is 19.4 Å². The third-order valence-electron chi connectivity index (χ3n) is 3.43. The molecule has 2 N–H and O–H groups in total. The van der Waals surface area contributed by atoms with Crippen LogP contribution in [-0.4, -0.2) is 49.4 Å². The highest BCUT2D eigenvalue weighted by molar-refractivity contribution is 8.26. The molecule has 1 amide bonds. The number of carbonyl (C=O) groups is 3. The number of hydrogen-bond acceptors (Lipinski definition) is 6. The van der Waals surface area contributed by atoms with Crippen molar-refractivity contribution in [1.29, 1.82) is 0 Å². The molecule has 7 nitrogen and oxygen atoms in total. The Kier molecular flexibility index (Phi) is 5.81. The zero-order valence-corrected chi connectivity index (χ0v) is 15.0. The van der Waals surface area contributed by atoms with Gasteiger partial charge >= 0.3 is 11.9 Å². The smallest absolute Gasteiger partial charge is 0.344 e. The molecular weight excluding hydrogens is 366 g/mol. The zero-order valence-electron chi connectivity index (χ0n) is 13.3.